The summed E-state index contributed by atoms with van der Waals surface area (Å²) < 4.78 is 0. The van der Waals surface area contributed by atoms with E-state index in [-0.39, 0.29) is 26.2 Å². The first-order valence-electron chi connectivity index (χ1n) is 13.6. The number of aryl methyl sites for hydroxylation is 2. The fourth-order valence-electron chi connectivity index (χ4n) is 6.61. The third-order valence-corrected chi connectivity index (χ3v) is 11.8. The molecule has 38 heavy (non-hydrogen) atoms. The van der Waals surface area contributed by atoms with Gasteiger partial charge >= 0.3 is 26.2 Å². The largest absolute Gasteiger partial charge is 2.00 e. The monoisotopic (exact) mass is 584 g/mol. The molecule has 0 aliphatic heterocycles. The zero-order chi connectivity index (χ0) is 25.6. The molecule has 0 unspecified atom stereocenters. The maximum atomic E-state index is 2.60. The maximum Gasteiger partial charge on any atom is 2.00 e. The van der Waals surface area contributed by atoms with Crippen LogP contribution in [0.5, 0.6) is 0 Å². The molecule has 0 radical (unpaired) electrons. The second-order valence-corrected chi connectivity index (χ2v) is 14.9. The standard InChI is InChI=1S/C36H34Si.Zr/c1-5-25-23-29-19-13-21-31(27-15-9-7-10-16-27)33(29)35(25)37(3,4)36-26(6-2)24-30-20-14-22-32(34(30)36)28-17-11-8-12-18-28;/h7-24H,5-6H2,1-4H3;/q-2;+2. The smallest absolute Gasteiger partial charge is 0.158 e. The van der Waals surface area contributed by atoms with E-state index in [4.69, 9.17) is 0 Å². The Morgan fingerprint density at radius 3 is 1.29 bits per heavy atom. The van der Waals surface area contributed by atoms with Crippen LogP contribution in [0.2, 0.25) is 13.1 Å². The zero-order valence-corrected chi connectivity index (χ0v) is 26.3. The van der Waals surface area contributed by atoms with Gasteiger partial charge in [-0.1, -0.05) is 111 Å². The summed E-state index contributed by atoms with van der Waals surface area (Å²) in [5.41, 5.74) is 8.38. The van der Waals surface area contributed by atoms with Crippen molar-refractivity contribution in [1.29, 1.82) is 0 Å². The Balaban J connectivity index is 0.00000294. The first-order valence-corrected chi connectivity index (χ1v) is 16.6. The van der Waals surface area contributed by atoms with Crippen LogP contribution in [0.1, 0.15) is 25.0 Å². The Morgan fingerprint density at radius 2 is 0.921 bits per heavy atom. The molecule has 0 aliphatic carbocycles. The van der Waals surface area contributed by atoms with Crippen molar-refractivity contribution in [3.05, 3.63) is 120 Å². The van der Waals surface area contributed by atoms with Gasteiger partial charge in [-0.2, -0.15) is 10.4 Å². The van der Waals surface area contributed by atoms with Crippen molar-refractivity contribution in [3.63, 3.8) is 0 Å². The molecule has 0 aliphatic rings. The minimum absolute atomic E-state index is 0. The van der Waals surface area contributed by atoms with Gasteiger partial charge in [-0.05, 0) is 24.0 Å². The van der Waals surface area contributed by atoms with Crippen molar-refractivity contribution in [2.24, 2.45) is 0 Å². The predicted molar refractivity (Wildman–Crippen MR) is 165 cm³/mol. The molecule has 186 valence electrons. The molecule has 6 aromatic carbocycles. The van der Waals surface area contributed by atoms with E-state index in [1.54, 1.807) is 10.4 Å². The van der Waals surface area contributed by atoms with Gasteiger partial charge < -0.3 is 0 Å². The van der Waals surface area contributed by atoms with Crippen LogP contribution >= 0.6 is 0 Å². The van der Waals surface area contributed by atoms with Gasteiger partial charge in [0, 0.05) is 8.07 Å². The normalized spacial score (nSPS) is 11.7. The van der Waals surface area contributed by atoms with Crippen molar-refractivity contribution < 1.29 is 26.2 Å². The van der Waals surface area contributed by atoms with Gasteiger partial charge in [-0.15, -0.1) is 69.1 Å². The minimum Gasteiger partial charge on any atom is -0.158 e. The molecule has 6 rings (SSSR count). The van der Waals surface area contributed by atoms with Crippen molar-refractivity contribution >= 4 is 40.0 Å². The van der Waals surface area contributed by atoms with Gasteiger partial charge in [0.25, 0.3) is 0 Å². The van der Waals surface area contributed by atoms with E-state index in [0.717, 1.165) is 12.8 Å². The van der Waals surface area contributed by atoms with E-state index >= 15 is 0 Å². The van der Waals surface area contributed by atoms with Crippen molar-refractivity contribution in [2.75, 3.05) is 0 Å². The van der Waals surface area contributed by atoms with Gasteiger partial charge in [-0.3, -0.25) is 0 Å². The molecular weight excluding hydrogens is 552 g/mol. The van der Waals surface area contributed by atoms with Crippen molar-refractivity contribution in [3.8, 4) is 22.3 Å². The Hall–Kier alpha value is -2.80. The fourth-order valence-corrected chi connectivity index (χ4v) is 10.8. The Kier molecular flexibility index (Phi) is 7.58. The van der Waals surface area contributed by atoms with Crippen LogP contribution in [0.4, 0.5) is 0 Å². The number of rotatable bonds is 6. The predicted octanol–water partition coefficient (Wildman–Crippen LogP) is 8.71. The molecule has 2 heteroatoms. The topological polar surface area (TPSA) is 0 Å². The van der Waals surface area contributed by atoms with E-state index in [1.807, 2.05) is 0 Å². The molecular formula is C36H34SiZr. The molecule has 0 saturated heterocycles. The molecule has 6 aromatic rings. The van der Waals surface area contributed by atoms with Crippen molar-refractivity contribution in [2.45, 2.75) is 39.8 Å². The third kappa shape index (κ3) is 4.33. The number of hydrogen-bond donors (Lipinski definition) is 0. The summed E-state index contributed by atoms with van der Waals surface area (Å²) >= 11 is 0. The van der Waals surface area contributed by atoms with E-state index in [9.17, 15) is 0 Å². The van der Waals surface area contributed by atoms with Crippen molar-refractivity contribution in [1.82, 2.24) is 0 Å². The van der Waals surface area contributed by atoms with Gasteiger partial charge in [-0.25, -0.2) is 0 Å². The molecule has 0 N–H and O–H groups in total. The summed E-state index contributed by atoms with van der Waals surface area (Å²) in [7, 11) is -2.14. The van der Waals surface area contributed by atoms with Gasteiger partial charge in [0.2, 0.25) is 0 Å². The zero-order valence-electron chi connectivity index (χ0n) is 22.8. The van der Waals surface area contributed by atoms with Gasteiger partial charge in [0.05, 0.1) is 0 Å². The summed E-state index contributed by atoms with van der Waals surface area (Å²) in [5.74, 6) is 0. The number of benzene rings is 4. The summed E-state index contributed by atoms with van der Waals surface area (Å²) in [6.07, 6.45) is 2.11. The summed E-state index contributed by atoms with van der Waals surface area (Å²) in [4.78, 5) is 0. The first kappa shape index (κ1) is 26.8. The second kappa shape index (κ2) is 10.8. The van der Waals surface area contributed by atoms with Crippen LogP contribution in [-0.2, 0) is 39.0 Å². The fraction of sp³-hybridized carbons (Fsp3) is 0.167. The average Bonchev–Trinajstić information content (AvgIpc) is 3.53. The minimum atomic E-state index is -2.14. The summed E-state index contributed by atoms with van der Waals surface area (Å²) in [6, 6.07) is 40.6. The molecule has 0 aromatic heterocycles. The molecule has 0 fully saturated rings. The van der Waals surface area contributed by atoms with Crippen LogP contribution in [0.15, 0.2) is 109 Å². The average molecular weight is 586 g/mol. The summed E-state index contributed by atoms with van der Waals surface area (Å²) in [5, 5.41) is 8.94. The van der Waals surface area contributed by atoms with E-state index in [0.29, 0.717) is 0 Å². The number of hydrogen-bond acceptors (Lipinski definition) is 0. The molecule has 0 amide bonds. The third-order valence-electron chi connectivity index (χ3n) is 8.18. The first-order chi connectivity index (χ1) is 18.0. The molecule has 0 atom stereocenters. The SMILES string of the molecule is CCc1[cH-]c2cccc(-c3ccccc3)c2c1[Si](C)(C)c1c(CC)[cH-]c2cccc(-c3ccccc3)c12.[Zr+2]. The Labute approximate surface area is 247 Å². The molecule has 0 nitrogen and oxygen atoms in total. The number of fused-ring (bicyclic) bond motifs is 2. The van der Waals surface area contributed by atoms with Crippen LogP contribution in [0.25, 0.3) is 43.8 Å². The Morgan fingerprint density at radius 1 is 0.526 bits per heavy atom. The Bertz CT molecular complexity index is 1570. The van der Waals surface area contributed by atoms with Crippen LogP contribution in [0, 0.1) is 0 Å². The van der Waals surface area contributed by atoms with Crippen LogP contribution in [0.3, 0.4) is 0 Å². The second-order valence-electron chi connectivity index (χ2n) is 10.7. The molecule has 0 heterocycles. The van der Waals surface area contributed by atoms with Crippen LogP contribution < -0.4 is 10.4 Å². The van der Waals surface area contributed by atoms with E-state index in [1.165, 1.54) is 54.9 Å². The molecule has 0 bridgehead atoms. The maximum absolute atomic E-state index is 2.60. The van der Waals surface area contributed by atoms with Gasteiger partial charge in [0.15, 0.2) is 0 Å². The van der Waals surface area contributed by atoms with E-state index < -0.39 is 8.07 Å². The molecule has 0 saturated carbocycles. The van der Waals surface area contributed by atoms with E-state index in [2.05, 4.69) is 136 Å². The summed E-state index contributed by atoms with van der Waals surface area (Å²) in [6.45, 7) is 9.84. The molecule has 0 spiro atoms. The quantitative estimate of drug-likeness (QED) is 0.135. The van der Waals surface area contributed by atoms with Gasteiger partial charge in [0.1, 0.15) is 0 Å². The van der Waals surface area contributed by atoms with Crippen LogP contribution in [-0.4, -0.2) is 8.07 Å².